The molecule has 2 nitrogen and oxygen atoms in total. The highest BCUT2D eigenvalue weighted by Crippen LogP contribution is 2.57. The van der Waals surface area contributed by atoms with Crippen molar-refractivity contribution in [1.29, 1.82) is 0 Å². The molecule has 1 unspecified atom stereocenters. The quantitative estimate of drug-likeness (QED) is 0.189. The number of thioether (sulfide) groups is 1. The van der Waals surface area contributed by atoms with Crippen molar-refractivity contribution in [3.8, 4) is 0 Å². The summed E-state index contributed by atoms with van der Waals surface area (Å²) in [5.74, 6) is 0.779. The molecular weight excluding hydrogens is 521 g/mol. The third-order valence-corrected chi connectivity index (χ3v) is 10.2. The summed E-state index contributed by atoms with van der Waals surface area (Å²) in [6.45, 7) is 2.19. The zero-order valence-electron chi connectivity index (χ0n) is 19.4. The summed E-state index contributed by atoms with van der Waals surface area (Å²) in [6, 6.07) is 42.0. The Morgan fingerprint density at radius 1 is 0.706 bits per heavy atom. The molecule has 4 rings (SSSR count). The van der Waals surface area contributed by atoms with Crippen LogP contribution in [-0.4, -0.2) is 17.4 Å². The fraction of sp³-hybridized carbons (Fsp3) is 0.138. The van der Waals surface area contributed by atoms with Crippen LogP contribution in [0.15, 0.2) is 126 Å². The minimum absolute atomic E-state index is 0. The molecule has 174 valence electrons. The summed E-state index contributed by atoms with van der Waals surface area (Å²) < 4.78 is 7.28. The molecule has 0 fully saturated rings. The van der Waals surface area contributed by atoms with Gasteiger partial charge in [0, 0.05) is 0 Å². The molecule has 0 bridgehead atoms. The van der Waals surface area contributed by atoms with Crippen molar-refractivity contribution >= 4 is 46.8 Å². The van der Waals surface area contributed by atoms with Crippen molar-refractivity contribution in [3.63, 3.8) is 0 Å². The highest BCUT2D eigenvalue weighted by molar-refractivity contribution is 8.00. The molecule has 34 heavy (non-hydrogen) atoms. The van der Waals surface area contributed by atoms with Gasteiger partial charge in [-0.2, -0.15) is 11.8 Å². The smallest absolute Gasteiger partial charge is 0.289 e. The van der Waals surface area contributed by atoms with Crippen LogP contribution in [0.2, 0.25) is 0 Å². The van der Waals surface area contributed by atoms with Gasteiger partial charge in [-0.15, -0.1) is 0 Å². The predicted molar refractivity (Wildman–Crippen MR) is 147 cm³/mol. The Hall–Kier alpha value is -2.39. The van der Waals surface area contributed by atoms with E-state index < -0.39 is 7.49 Å². The van der Waals surface area contributed by atoms with Gasteiger partial charge in [-0.1, -0.05) is 79.7 Å². The summed E-state index contributed by atoms with van der Waals surface area (Å²) in [4.78, 5) is 5.06. The monoisotopic (exact) mass is 549 g/mol. The average Bonchev–Trinajstić information content (AvgIpc) is 2.90. The van der Waals surface area contributed by atoms with Crippen LogP contribution in [0.1, 0.15) is 13.3 Å². The first-order valence-electron chi connectivity index (χ1n) is 11.2. The maximum absolute atomic E-state index is 7.28. The van der Waals surface area contributed by atoms with Gasteiger partial charge in [0.25, 0.3) is 13.4 Å². The summed E-state index contributed by atoms with van der Waals surface area (Å²) in [7, 11) is -2.47. The predicted octanol–water partition coefficient (Wildman–Crippen LogP) is 3.79. The van der Waals surface area contributed by atoms with Crippen LogP contribution in [0.3, 0.4) is 0 Å². The van der Waals surface area contributed by atoms with Crippen molar-refractivity contribution in [2.45, 2.75) is 18.6 Å². The van der Waals surface area contributed by atoms with Crippen LogP contribution in [0.5, 0.6) is 0 Å². The molecule has 5 heteroatoms. The molecule has 0 aliphatic heterocycles. The molecule has 4 aromatic carbocycles. The zero-order valence-corrected chi connectivity index (χ0v) is 22.7. The number of hydrogen-bond acceptors (Lipinski definition) is 3. The lowest BCUT2D eigenvalue weighted by atomic mass is 10.3. The third kappa shape index (κ3) is 5.81. The molecule has 0 spiro atoms. The molecule has 4 aromatic rings. The minimum Gasteiger partial charge on any atom is -1.00 e. The van der Waals surface area contributed by atoms with Gasteiger partial charge in [-0.05, 0) is 61.2 Å². The second-order valence-electron chi connectivity index (χ2n) is 7.63. The van der Waals surface area contributed by atoms with Crippen molar-refractivity contribution in [3.05, 3.63) is 121 Å². The van der Waals surface area contributed by atoms with Gasteiger partial charge < -0.3 is 21.5 Å². The average molecular weight is 551 g/mol. The molecule has 0 saturated carbocycles. The molecule has 1 atom stereocenters. The molecule has 0 aliphatic rings. The minimum atomic E-state index is -2.47. The fourth-order valence-electron chi connectivity index (χ4n) is 3.88. The van der Waals surface area contributed by atoms with Crippen LogP contribution in [0.25, 0.3) is 0 Å². The highest BCUT2D eigenvalue weighted by Gasteiger charge is 2.51. The van der Waals surface area contributed by atoms with Gasteiger partial charge in [-0.3, -0.25) is 0 Å². The number of rotatable bonds is 8. The maximum Gasteiger partial charge on any atom is 0.289 e. The van der Waals surface area contributed by atoms with Crippen molar-refractivity contribution in [2.24, 2.45) is 4.99 Å². The van der Waals surface area contributed by atoms with E-state index >= 15 is 0 Å². The van der Waals surface area contributed by atoms with Crippen LogP contribution >= 0.6 is 19.3 Å². The lowest BCUT2D eigenvalue weighted by Crippen LogP contribution is -3.00. The first-order valence-corrected chi connectivity index (χ1v) is 14.2. The summed E-state index contributed by atoms with van der Waals surface area (Å²) in [5, 5.41) is 3.69. The Labute approximate surface area is 218 Å². The van der Waals surface area contributed by atoms with Crippen molar-refractivity contribution in [2.75, 3.05) is 6.26 Å². The van der Waals surface area contributed by atoms with Gasteiger partial charge in [0.15, 0.2) is 0 Å². The number of hydrogen-bond donors (Lipinski definition) is 0. The second kappa shape index (κ2) is 12.9. The Morgan fingerprint density at radius 3 is 1.44 bits per heavy atom. The van der Waals surface area contributed by atoms with Gasteiger partial charge in [0.1, 0.15) is 15.9 Å². The van der Waals surface area contributed by atoms with E-state index in [-0.39, 0.29) is 22.2 Å². The Balaban J connectivity index is 0.00000324. The molecule has 0 saturated heterocycles. The molecule has 0 amide bonds. The van der Waals surface area contributed by atoms with E-state index in [0.29, 0.717) is 0 Å². The van der Waals surface area contributed by atoms with Crippen LogP contribution < -0.4 is 32.9 Å². The third-order valence-electron chi connectivity index (χ3n) is 5.52. The Kier molecular flexibility index (Phi) is 9.95. The first-order chi connectivity index (χ1) is 16.3. The Bertz CT molecular complexity index is 1060. The van der Waals surface area contributed by atoms with Crippen molar-refractivity contribution < 1.29 is 21.5 Å². The van der Waals surface area contributed by atoms with Gasteiger partial charge in [0.2, 0.25) is 0 Å². The van der Waals surface area contributed by atoms with Crippen LogP contribution in [0.4, 0.5) is 5.69 Å². The van der Waals surface area contributed by atoms with Crippen molar-refractivity contribution in [1.82, 2.24) is 0 Å². The molecule has 0 N–H and O–H groups in total. The largest absolute Gasteiger partial charge is 1.00 e. The first kappa shape index (κ1) is 26.2. The SMILES string of the molecule is CCC(SC)C(=Nc1ccccc1)O[P+](c1ccccc1)(c1ccccc1)c1ccccc1.[Br-]. The lowest BCUT2D eigenvalue weighted by molar-refractivity contribution is -0.00000723. The highest BCUT2D eigenvalue weighted by atomic mass is 79.9. The van der Waals surface area contributed by atoms with E-state index in [4.69, 9.17) is 9.52 Å². The lowest BCUT2D eigenvalue weighted by Gasteiger charge is -2.28. The van der Waals surface area contributed by atoms with E-state index in [0.717, 1.165) is 18.0 Å². The fourth-order valence-corrected chi connectivity index (χ4v) is 8.02. The van der Waals surface area contributed by atoms with Crippen LogP contribution in [-0.2, 0) is 4.52 Å². The number of halogens is 1. The number of para-hydroxylation sites is 1. The van der Waals surface area contributed by atoms with Crippen LogP contribution in [0, 0.1) is 0 Å². The molecular formula is C29H29BrNOPS. The van der Waals surface area contributed by atoms with E-state index in [9.17, 15) is 0 Å². The van der Waals surface area contributed by atoms with E-state index in [1.807, 2.05) is 30.3 Å². The summed E-state index contributed by atoms with van der Waals surface area (Å²) in [5.41, 5.74) is 0.910. The molecule has 0 heterocycles. The number of nitrogens with zero attached hydrogens (tertiary/aromatic N) is 1. The normalized spacial score (nSPS) is 12.5. The summed E-state index contributed by atoms with van der Waals surface area (Å²) >= 11 is 1.79. The Morgan fingerprint density at radius 2 is 1.09 bits per heavy atom. The molecule has 0 aliphatic carbocycles. The van der Waals surface area contributed by atoms with E-state index in [2.05, 4.69) is 104 Å². The second-order valence-corrected chi connectivity index (χ2v) is 11.6. The summed E-state index contributed by atoms with van der Waals surface area (Å²) in [6.07, 6.45) is 3.07. The topological polar surface area (TPSA) is 21.6 Å². The number of benzene rings is 4. The molecule has 0 aromatic heterocycles. The van der Waals surface area contributed by atoms with Gasteiger partial charge >= 0.3 is 0 Å². The van der Waals surface area contributed by atoms with Gasteiger partial charge in [0.05, 0.1) is 10.9 Å². The van der Waals surface area contributed by atoms with Gasteiger partial charge in [-0.25, -0.2) is 4.99 Å². The van der Waals surface area contributed by atoms with E-state index in [1.165, 1.54) is 15.9 Å². The number of aliphatic imine (C=N–C) groups is 1. The maximum atomic E-state index is 7.28. The standard InChI is InChI=1S/C29H29NOPS.BrH/c1-3-28(33-2)29(30-24-16-8-4-9-17-24)31-32(25-18-10-5-11-19-25,26-20-12-6-13-21-26)27-22-14-7-15-23-27;/h4-23,28H,3H2,1-2H3;1H/q+1;/p-1. The zero-order chi connectivity index (χ0) is 22.9. The molecule has 0 radical (unpaired) electrons. The van der Waals surface area contributed by atoms with E-state index in [1.54, 1.807) is 11.8 Å².